The van der Waals surface area contributed by atoms with Gasteiger partial charge in [0.05, 0.1) is 0 Å². The first-order valence-electron chi connectivity index (χ1n) is 6.31. The van der Waals surface area contributed by atoms with E-state index in [9.17, 15) is 5.11 Å². The molecule has 1 aliphatic rings. The summed E-state index contributed by atoms with van der Waals surface area (Å²) in [6, 6.07) is 6.10. The molecule has 1 unspecified atom stereocenters. The molecular weight excluding hydrogens is 250 g/mol. The molecule has 1 atom stereocenters. The number of ether oxygens (including phenoxy) is 1. The van der Waals surface area contributed by atoms with Crippen LogP contribution in [0.15, 0.2) is 18.2 Å². The normalized spacial score (nSPS) is 18.4. The molecule has 0 saturated heterocycles. The van der Waals surface area contributed by atoms with E-state index in [1.807, 2.05) is 25.1 Å². The van der Waals surface area contributed by atoms with Crippen molar-refractivity contribution in [1.82, 2.24) is 5.32 Å². The zero-order chi connectivity index (χ0) is 13.2. The van der Waals surface area contributed by atoms with E-state index in [1.165, 1.54) is 12.8 Å². The summed E-state index contributed by atoms with van der Waals surface area (Å²) in [5.41, 5.74) is 0.126. The Kier molecular flexibility index (Phi) is 4.15. The van der Waals surface area contributed by atoms with Crippen molar-refractivity contribution in [2.24, 2.45) is 0 Å². The van der Waals surface area contributed by atoms with E-state index in [0.717, 1.165) is 16.3 Å². The van der Waals surface area contributed by atoms with Crippen molar-refractivity contribution in [3.63, 3.8) is 0 Å². The third kappa shape index (κ3) is 4.16. The number of benzene rings is 1. The number of nitrogens with one attached hydrogen (secondary N) is 1. The molecule has 2 N–H and O–H groups in total. The van der Waals surface area contributed by atoms with Gasteiger partial charge in [-0.2, -0.15) is 0 Å². The molecule has 0 spiro atoms. The summed E-state index contributed by atoms with van der Waals surface area (Å²) < 4.78 is 5.61. The van der Waals surface area contributed by atoms with E-state index in [0.29, 0.717) is 12.6 Å². The average molecular weight is 270 g/mol. The SMILES string of the molecule is Cc1cc(OCC(C)(O)CNC2CC2)ccc1Cl. The van der Waals surface area contributed by atoms with Gasteiger partial charge < -0.3 is 15.2 Å². The van der Waals surface area contributed by atoms with E-state index >= 15 is 0 Å². The Hall–Kier alpha value is -0.770. The van der Waals surface area contributed by atoms with E-state index in [1.54, 1.807) is 6.92 Å². The maximum Gasteiger partial charge on any atom is 0.119 e. The van der Waals surface area contributed by atoms with Gasteiger partial charge in [0.15, 0.2) is 0 Å². The molecule has 1 saturated carbocycles. The molecule has 18 heavy (non-hydrogen) atoms. The Labute approximate surface area is 113 Å². The highest BCUT2D eigenvalue weighted by molar-refractivity contribution is 6.31. The number of aryl methyl sites for hydroxylation is 1. The monoisotopic (exact) mass is 269 g/mol. The zero-order valence-corrected chi connectivity index (χ0v) is 11.6. The van der Waals surface area contributed by atoms with Crippen LogP contribution in [-0.2, 0) is 0 Å². The third-order valence-electron chi connectivity index (χ3n) is 3.03. The number of hydrogen-bond acceptors (Lipinski definition) is 3. The summed E-state index contributed by atoms with van der Waals surface area (Å²) in [5.74, 6) is 0.739. The molecule has 1 aromatic carbocycles. The first-order valence-corrected chi connectivity index (χ1v) is 6.69. The quantitative estimate of drug-likeness (QED) is 0.834. The van der Waals surface area contributed by atoms with E-state index in [4.69, 9.17) is 16.3 Å². The van der Waals surface area contributed by atoms with Gasteiger partial charge in [-0.05, 0) is 50.5 Å². The highest BCUT2D eigenvalue weighted by atomic mass is 35.5. The molecule has 3 nitrogen and oxygen atoms in total. The molecule has 2 rings (SSSR count). The molecule has 4 heteroatoms. The summed E-state index contributed by atoms with van der Waals surface area (Å²) in [6.45, 7) is 4.55. The minimum atomic E-state index is -0.851. The van der Waals surface area contributed by atoms with Crippen molar-refractivity contribution >= 4 is 11.6 Å². The predicted octanol–water partition coefficient (Wildman–Crippen LogP) is 2.53. The van der Waals surface area contributed by atoms with E-state index in [2.05, 4.69) is 5.32 Å². The Morgan fingerprint density at radius 2 is 2.22 bits per heavy atom. The molecule has 0 aromatic heterocycles. The number of hydrogen-bond donors (Lipinski definition) is 2. The van der Waals surface area contributed by atoms with Gasteiger partial charge >= 0.3 is 0 Å². The summed E-state index contributed by atoms with van der Waals surface area (Å²) in [7, 11) is 0. The molecule has 1 aromatic rings. The van der Waals surface area contributed by atoms with Crippen LogP contribution in [0.1, 0.15) is 25.3 Å². The second-order valence-corrected chi connectivity index (χ2v) is 5.76. The molecule has 0 bridgehead atoms. The maximum atomic E-state index is 10.2. The molecule has 0 heterocycles. The summed E-state index contributed by atoms with van der Waals surface area (Å²) in [4.78, 5) is 0. The number of rotatable bonds is 6. The van der Waals surface area contributed by atoms with Crippen molar-refractivity contribution in [3.8, 4) is 5.75 Å². The van der Waals surface area contributed by atoms with Gasteiger partial charge in [-0.25, -0.2) is 0 Å². The fourth-order valence-electron chi connectivity index (χ4n) is 1.65. The van der Waals surface area contributed by atoms with Gasteiger partial charge in [0.1, 0.15) is 18.0 Å². The lowest BCUT2D eigenvalue weighted by molar-refractivity contribution is 0.0120. The lowest BCUT2D eigenvalue weighted by Crippen LogP contribution is -2.43. The maximum absolute atomic E-state index is 10.2. The average Bonchev–Trinajstić information content (AvgIpc) is 3.12. The minimum absolute atomic E-state index is 0.272. The first kappa shape index (κ1) is 13.7. The van der Waals surface area contributed by atoms with Crippen LogP contribution >= 0.6 is 11.6 Å². The Morgan fingerprint density at radius 3 is 2.83 bits per heavy atom. The van der Waals surface area contributed by atoms with E-state index in [-0.39, 0.29) is 6.61 Å². The third-order valence-corrected chi connectivity index (χ3v) is 3.45. The van der Waals surface area contributed by atoms with Crippen LogP contribution < -0.4 is 10.1 Å². The molecule has 0 aliphatic heterocycles. The number of halogens is 1. The largest absolute Gasteiger partial charge is 0.491 e. The number of aliphatic hydroxyl groups is 1. The van der Waals surface area contributed by atoms with Gasteiger partial charge in [-0.3, -0.25) is 0 Å². The van der Waals surface area contributed by atoms with Crippen molar-refractivity contribution in [1.29, 1.82) is 0 Å². The lowest BCUT2D eigenvalue weighted by Gasteiger charge is -2.24. The van der Waals surface area contributed by atoms with Crippen LogP contribution in [0.4, 0.5) is 0 Å². The molecular formula is C14H20ClNO2. The van der Waals surface area contributed by atoms with Gasteiger partial charge in [0.25, 0.3) is 0 Å². The Balaban J connectivity index is 1.82. The van der Waals surface area contributed by atoms with Crippen LogP contribution in [0.3, 0.4) is 0 Å². The molecule has 100 valence electrons. The van der Waals surface area contributed by atoms with Crippen LogP contribution in [0.2, 0.25) is 5.02 Å². The molecule has 0 radical (unpaired) electrons. The summed E-state index contributed by atoms with van der Waals surface area (Å²) in [6.07, 6.45) is 2.43. The fourth-order valence-corrected chi connectivity index (χ4v) is 1.77. The van der Waals surface area contributed by atoms with Crippen molar-refractivity contribution in [3.05, 3.63) is 28.8 Å². The van der Waals surface area contributed by atoms with Crippen LogP contribution in [0.25, 0.3) is 0 Å². The highest BCUT2D eigenvalue weighted by Gasteiger charge is 2.27. The summed E-state index contributed by atoms with van der Waals surface area (Å²) >= 11 is 5.95. The topological polar surface area (TPSA) is 41.5 Å². The Morgan fingerprint density at radius 1 is 1.50 bits per heavy atom. The standard InChI is InChI=1S/C14H20ClNO2/c1-10-7-12(5-6-13(10)15)18-9-14(2,17)8-16-11-3-4-11/h5-7,11,16-17H,3-4,8-9H2,1-2H3. The van der Waals surface area contributed by atoms with Gasteiger partial charge in [-0.15, -0.1) is 0 Å². The lowest BCUT2D eigenvalue weighted by atomic mass is 10.1. The van der Waals surface area contributed by atoms with Gasteiger partial charge in [0, 0.05) is 17.6 Å². The van der Waals surface area contributed by atoms with Crippen LogP contribution in [-0.4, -0.2) is 29.9 Å². The smallest absolute Gasteiger partial charge is 0.119 e. The first-order chi connectivity index (χ1) is 8.46. The second-order valence-electron chi connectivity index (χ2n) is 5.35. The second kappa shape index (κ2) is 5.47. The minimum Gasteiger partial charge on any atom is -0.491 e. The molecule has 0 amide bonds. The fraction of sp³-hybridized carbons (Fsp3) is 0.571. The summed E-state index contributed by atoms with van der Waals surface area (Å²) in [5, 5.41) is 14.2. The predicted molar refractivity (Wildman–Crippen MR) is 73.3 cm³/mol. The molecule has 1 fully saturated rings. The van der Waals surface area contributed by atoms with Crippen molar-refractivity contribution in [2.45, 2.75) is 38.3 Å². The van der Waals surface area contributed by atoms with E-state index < -0.39 is 5.60 Å². The van der Waals surface area contributed by atoms with Crippen LogP contribution in [0, 0.1) is 6.92 Å². The van der Waals surface area contributed by atoms with Gasteiger partial charge in [-0.1, -0.05) is 11.6 Å². The van der Waals surface area contributed by atoms with Crippen LogP contribution in [0.5, 0.6) is 5.75 Å². The van der Waals surface area contributed by atoms with Crippen molar-refractivity contribution < 1.29 is 9.84 Å². The zero-order valence-electron chi connectivity index (χ0n) is 10.9. The van der Waals surface area contributed by atoms with Crippen molar-refractivity contribution in [2.75, 3.05) is 13.2 Å². The van der Waals surface area contributed by atoms with Gasteiger partial charge in [0.2, 0.25) is 0 Å². The highest BCUT2D eigenvalue weighted by Crippen LogP contribution is 2.22. The Bertz CT molecular complexity index is 416. The molecule has 1 aliphatic carbocycles.